The largest absolute Gasteiger partial charge is 0.488 e. The van der Waals surface area contributed by atoms with Crippen LogP contribution >= 0.6 is 11.6 Å². The third kappa shape index (κ3) is 4.55. The summed E-state index contributed by atoms with van der Waals surface area (Å²) in [6.07, 6.45) is 6.11. The molecule has 0 N–H and O–H groups in total. The SMILES string of the molecule is CC(=O)N(Cc1ccccc1Cl)c1ccccc1OC1CCCCC1. The van der Waals surface area contributed by atoms with Crippen molar-refractivity contribution in [2.24, 2.45) is 0 Å². The standard InChI is InChI=1S/C21H24ClNO2/c1-16(24)23(15-17-9-5-6-12-19(17)22)20-13-7-8-14-21(20)25-18-10-3-2-4-11-18/h5-9,12-14,18H,2-4,10-11,15H2,1H3. The first-order chi connectivity index (χ1) is 12.1. The number of anilines is 1. The molecule has 1 saturated carbocycles. The zero-order valence-electron chi connectivity index (χ0n) is 14.6. The average molecular weight is 358 g/mol. The molecule has 0 aromatic heterocycles. The lowest BCUT2D eigenvalue weighted by Crippen LogP contribution is -2.29. The van der Waals surface area contributed by atoms with Gasteiger partial charge in [0.25, 0.3) is 0 Å². The maximum Gasteiger partial charge on any atom is 0.224 e. The van der Waals surface area contributed by atoms with Crippen molar-refractivity contribution >= 4 is 23.2 Å². The number of para-hydroxylation sites is 2. The molecule has 132 valence electrons. The number of amides is 1. The molecule has 1 fully saturated rings. The van der Waals surface area contributed by atoms with Crippen LogP contribution in [0.4, 0.5) is 5.69 Å². The summed E-state index contributed by atoms with van der Waals surface area (Å²) >= 11 is 6.29. The third-order valence-corrected chi connectivity index (χ3v) is 5.04. The van der Waals surface area contributed by atoms with E-state index < -0.39 is 0 Å². The van der Waals surface area contributed by atoms with Crippen molar-refractivity contribution in [3.8, 4) is 5.75 Å². The fourth-order valence-electron chi connectivity index (χ4n) is 3.31. The van der Waals surface area contributed by atoms with Gasteiger partial charge in [0, 0.05) is 11.9 Å². The Labute approximate surface area is 154 Å². The van der Waals surface area contributed by atoms with Gasteiger partial charge < -0.3 is 9.64 Å². The minimum atomic E-state index is -0.0281. The molecular formula is C21H24ClNO2. The highest BCUT2D eigenvalue weighted by Crippen LogP contribution is 2.33. The molecule has 3 nitrogen and oxygen atoms in total. The maximum absolute atomic E-state index is 12.3. The van der Waals surface area contributed by atoms with E-state index >= 15 is 0 Å². The first kappa shape index (κ1) is 17.8. The molecule has 1 aliphatic rings. The van der Waals surface area contributed by atoms with E-state index in [-0.39, 0.29) is 12.0 Å². The number of carbonyl (C=O) groups is 1. The van der Waals surface area contributed by atoms with E-state index in [0.29, 0.717) is 11.6 Å². The van der Waals surface area contributed by atoms with Crippen molar-refractivity contribution in [1.82, 2.24) is 0 Å². The molecule has 0 aliphatic heterocycles. The van der Waals surface area contributed by atoms with Gasteiger partial charge in [0.2, 0.25) is 5.91 Å². The fourth-order valence-corrected chi connectivity index (χ4v) is 3.50. The topological polar surface area (TPSA) is 29.5 Å². The molecule has 0 saturated heterocycles. The fraction of sp³-hybridized carbons (Fsp3) is 0.381. The molecule has 0 unspecified atom stereocenters. The van der Waals surface area contributed by atoms with E-state index in [4.69, 9.17) is 16.3 Å². The van der Waals surface area contributed by atoms with Gasteiger partial charge in [-0.15, -0.1) is 0 Å². The van der Waals surface area contributed by atoms with Crippen LogP contribution < -0.4 is 9.64 Å². The molecule has 1 aliphatic carbocycles. The van der Waals surface area contributed by atoms with Gasteiger partial charge >= 0.3 is 0 Å². The Balaban J connectivity index is 1.86. The van der Waals surface area contributed by atoms with E-state index in [1.807, 2.05) is 48.5 Å². The Kier molecular flexibility index (Phi) is 5.98. The number of nitrogens with zero attached hydrogens (tertiary/aromatic N) is 1. The molecule has 2 aromatic rings. The summed E-state index contributed by atoms with van der Waals surface area (Å²) < 4.78 is 6.26. The quantitative estimate of drug-likeness (QED) is 0.696. The molecule has 0 bridgehead atoms. The summed E-state index contributed by atoms with van der Waals surface area (Å²) in [5, 5.41) is 0.666. The van der Waals surface area contributed by atoms with Crippen molar-refractivity contribution in [3.63, 3.8) is 0 Å². The highest BCUT2D eigenvalue weighted by molar-refractivity contribution is 6.31. The van der Waals surface area contributed by atoms with Crippen LogP contribution in [0, 0.1) is 0 Å². The van der Waals surface area contributed by atoms with Gasteiger partial charge in [-0.3, -0.25) is 4.79 Å². The van der Waals surface area contributed by atoms with Gasteiger partial charge in [-0.1, -0.05) is 48.4 Å². The Bertz CT molecular complexity index is 725. The second kappa shape index (κ2) is 8.39. The number of ether oxygens (including phenoxy) is 1. The zero-order chi connectivity index (χ0) is 17.6. The minimum absolute atomic E-state index is 0.0281. The van der Waals surface area contributed by atoms with Crippen LogP contribution in [-0.2, 0) is 11.3 Å². The molecule has 0 atom stereocenters. The number of halogens is 1. The third-order valence-electron chi connectivity index (χ3n) is 4.67. The van der Waals surface area contributed by atoms with Gasteiger partial charge in [-0.25, -0.2) is 0 Å². The van der Waals surface area contributed by atoms with E-state index in [0.717, 1.165) is 29.8 Å². The van der Waals surface area contributed by atoms with Gasteiger partial charge in [0.15, 0.2) is 0 Å². The van der Waals surface area contributed by atoms with E-state index in [1.54, 1.807) is 11.8 Å². The lowest BCUT2D eigenvalue weighted by molar-refractivity contribution is -0.116. The molecule has 3 rings (SSSR count). The number of hydrogen-bond donors (Lipinski definition) is 0. The lowest BCUT2D eigenvalue weighted by atomic mass is 9.98. The van der Waals surface area contributed by atoms with Crippen LogP contribution in [0.5, 0.6) is 5.75 Å². The van der Waals surface area contributed by atoms with E-state index in [1.165, 1.54) is 19.3 Å². The molecule has 0 spiro atoms. The summed E-state index contributed by atoms with van der Waals surface area (Å²) in [5.74, 6) is 0.747. The van der Waals surface area contributed by atoms with Gasteiger partial charge in [-0.05, 0) is 49.4 Å². The molecular weight excluding hydrogens is 334 g/mol. The highest BCUT2D eigenvalue weighted by atomic mass is 35.5. The number of hydrogen-bond acceptors (Lipinski definition) is 2. The van der Waals surface area contributed by atoms with Crippen LogP contribution in [-0.4, -0.2) is 12.0 Å². The van der Waals surface area contributed by atoms with Crippen molar-refractivity contribution in [3.05, 3.63) is 59.1 Å². The first-order valence-corrected chi connectivity index (χ1v) is 9.30. The van der Waals surface area contributed by atoms with Crippen molar-refractivity contribution in [2.45, 2.75) is 51.7 Å². The Hall–Kier alpha value is -2.00. The minimum Gasteiger partial charge on any atom is -0.488 e. The summed E-state index contributed by atoms with van der Waals surface area (Å²) in [7, 11) is 0. The number of benzene rings is 2. The summed E-state index contributed by atoms with van der Waals surface area (Å²) in [6.45, 7) is 2.01. The monoisotopic (exact) mass is 357 g/mol. The molecule has 0 radical (unpaired) electrons. The summed E-state index contributed by atoms with van der Waals surface area (Å²) in [6, 6.07) is 15.4. The van der Waals surface area contributed by atoms with Crippen LogP contribution in [0.1, 0.15) is 44.6 Å². The summed E-state index contributed by atoms with van der Waals surface area (Å²) in [4.78, 5) is 14.1. The summed E-state index contributed by atoms with van der Waals surface area (Å²) in [5.41, 5.74) is 1.73. The second-order valence-corrected chi connectivity index (χ2v) is 6.95. The lowest BCUT2D eigenvalue weighted by Gasteiger charge is -2.28. The Morgan fingerprint density at radius 3 is 2.48 bits per heavy atom. The van der Waals surface area contributed by atoms with Crippen LogP contribution in [0.15, 0.2) is 48.5 Å². The first-order valence-electron chi connectivity index (χ1n) is 8.92. The highest BCUT2D eigenvalue weighted by Gasteiger charge is 2.21. The molecule has 4 heteroatoms. The average Bonchev–Trinajstić information content (AvgIpc) is 2.62. The van der Waals surface area contributed by atoms with Gasteiger partial charge in [0.05, 0.1) is 18.3 Å². The molecule has 2 aromatic carbocycles. The van der Waals surface area contributed by atoms with Crippen LogP contribution in [0.25, 0.3) is 0 Å². The second-order valence-electron chi connectivity index (χ2n) is 6.54. The van der Waals surface area contributed by atoms with E-state index in [2.05, 4.69) is 0 Å². The molecule has 0 heterocycles. The van der Waals surface area contributed by atoms with Crippen LogP contribution in [0.3, 0.4) is 0 Å². The molecule has 1 amide bonds. The maximum atomic E-state index is 12.3. The normalized spacial score (nSPS) is 15.0. The molecule has 25 heavy (non-hydrogen) atoms. The smallest absolute Gasteiger partial charge is 0.224 e. The Morgan fingerprint density at radius 1 is 1.08 bits per heavy atom. The number of carbonyl (C=O) groups excluding carboxylic acids is 1. The van der Waals surface area contributed by atoms with Gasteiger partial charge in [0.1, 0.15) is 5.75 Å². The van der Waals surface area contributed by atoms with Crippen molar-refractivity contribution in [1.29, 1.82) is 0 Å². The van der Waals surface area contributed by atoms with Crippen LogP contribution in [0.2, 0.25) is 5.02 Å². The van der Waals surface area contributed by atoms with E-state index in [9.17, 15) is 4.79 Å². The van der Waals surface area contributed by atoms with Crippen molar-refractivity contribution in [2.75, 3.05) is 4.90 Å². The van der Waals surface area contributed by atoms with Crippen molar-refractivity contribution < 1.29 is 9.53 Å². The zero-order valence-corrected chi connectivity index (χ0v) is 15.3. The van der Waals surface area contributed by atoms with Gasteiger partial charge in [-0.2, -0.15) is 0 Å². The Morgan fingerprint density at radius 2 is 1.76 bits per heavy atom. The predicted molar refractivity (Wildman–Crippen MR) is 102 cm³/mol. The number of rotatable bonds is 5. The predicted octanol–water partition coefficient (Wildman–Crippen LogP) is 5.60.